The fraction of sp³-hybridized carbons (Fsp3) is 0.378. The van der Waals surface area contributed by atoms with Gasteiger partial charge >= 0.3 is 12.4 Å². The van der Waals surface area contributed by atoms with Crippen LogP contribution >= 0.6 is 23.5 Å². The monoisotopic (exact) mass is 1390 g/mol. The number of thioether (sulfide) groups is 2. The van der Waals surface area contributed by atoms with E-state index < -0.39 is 263 Å². The van der Waals surface area contributed by atoms with E-state index in [9.17, 15) is 59.1 Å². The maximum atomic E-state index is 15.2. The molecule has 0 radical (unpaired) electrons. The predicted octanol–water partition coefficient (Wildman–Crippen LogP) is 15.2. The number of alkyl halides is 6. The van der Waals surface area contributed by atoms with E-state index in [4.69, 9.17) is 34.3 Å². The Labute approximate surface area is 608 Å². The second kappa shape index (κ2) is 32.9. The summed E-state index contributed by atoms with van der Waals surface area (Å²) in [4.78, 5) is 65.3. The predicted molar refractivity (Wildman–Crippen MR) is 362 cm³/mol. The van der Waals surface area contributed by atoms with Gasteiger partial charge in [-0.2, -0.15) is 36.3 Å². The van der Waals surface area contributed by atoms with Crippen LogP contribution in [0.4, 0.5) is 35.1 Å². The Morgan fingerprint density at radius 3 is 1.70 bits per heavy atom. The van der Waals surface area contributed by atoms with Crippen LogP contribution in [0.15, 0.2) is 165 Å². The number of nitrogens with zero attached hydrogens (tertiary/aromatic N) is 8. The third-order valence-electron chi connectivity index (χ3n) is 14.3. The van der Waals surface area contributed by atoms with Crippen molar-refractivity contribution in [3.63, 3.8) is 0 Å². The van der Waals surface area contributed by atoms with Crippen LogP contribution in [0.3, 0.4) is 0 Å². The lowest BCUT2D eigenvalue weighted by atomic mass is 9.99. The number of halogens is 8. The van der Waals surface area contributed by atoms with Gasteiger partial charge in [0.05, 0.1) is 43.2 Å². The maximum absolute atomic E-state index is 15.2. The molecule has 0 spiro atoms. The SMILES string of the molecule is [2H]C([2H])(C)N(C([2H])([2H])C)C([2H])([2H])C([2H])([2H])N(C(=O)Cn1c(SCc2ccc(F)cc2)nc(=O)c2c1CCC2)C([2H])(C)c1ccc(-c2ccc(C(F)(F)F)cc2)cc1.[2H]c1c([2H])c(CSc2nc(=O)c3c(n2CC(=O)N(C([2H])([2H])c2c([2H])c([2H])c(-c4c([2H])c([2H])c(C(F)(F)F)c([2H])c4[2H])c([2H])c2[2H])C([2H])([2H])C([2H])([2H])N(CC)CC)C([2H])([2H])C([2H])(C)C3([2H])[2H])c([2H])c([2H])c1F. The number of hydrogen-bond donors (Lipinski definition) is 0. The van der Waals surface area contributed by atoms with Crippen molar-refractivity contribution in [2.45, 2.75) is 133 Å². The first-order valence-electron chi connectivity index (χ1n) is 45.1. The van der Waals surface area contributed by atoms with Crippen molar-refractivity contribution in [2.75, 3.05) is 52.1 Å². The van der Waals surface area contributed by atoms with E-state index in [-0.39, 0.29) is 51.1 Å². The second-order valence-corrected chi connectivity index (χ2v) is 22.5. The Morgan fingerprint density at radius 2 is 1.12 bits per heavy atom. The molecule has 0 N–H and O–H groups in total. The quantitative estimate of drug-likeness (QED) is 0.0295. The van der Waals surface area contributed by atoms with Gasteiger partial charge in [0.1, 0.15) is 24.7 Å². The van der Waals surface area contributed by atoms with Gasteiger partial charge in [-0.3, -0.25) is 19.2 Å². The first kappa shape index (κ1) is 40.7. The summed E-state index contributed by atoms with van der Waals surface area (Å²) in [5, 5.41) is -0.829. The second-order valence-electron chi connectivity index (χ2n) is 20.7. The number of hydrogen-bond acceptors (Lipinski definition) is 10. The molecule has 0 bridgehead atoms. The van der Waals surface area contributed by atoms with Crippen LogP contribution in [0, 0.1) is 17.5 Å². The highest BCUT2D eigenvalue weighted by atomic mass is 32.2. The molecule has 10 rings (SSSR count). The lowest BCUT2D eigenvalue weighted by molar-refractivity contribution is -0.138. The molecule has 2 aliphatic carbocycles. The average molecular weight is 1390 g/mol. The minimum absolute atomic E-state index is 0.0136. The van der Waals surface area contributed by atoms with E-state index in [2.05, 4.69) is 9.97 Å². The van der Waals surface area contributed by atoms with Crippen molar-refractivity contribution >= 4 is 35.3 Å². The van der Waals surface area contributed by atoms with E-state index in [0.717, 1.165) is 56.5 Å². The molecule has 2 heterocycles. The van der Waals surface area contributed by atoms with Gasteiger partial charge in [0, 0.05) is 84.3 Å². The van der Waals surface area contributed by atoms with Gasteiger partial charge in [0.25, 0.3) is 11.1 Å². The summed E-state index contributed by atoms with van der Waals surface area (Å²) in [5.74, 6) is -8.83. The Balaban J connectivity index is 0.000000296. The molecule has 2 unspecified atom stereocenters. The molecule has 0 fully saturated rings. The van der Waals surface area contributed by atoms with Gasteiger partial charge < -0.3 is 28.7 Å². The number of carbonyl (C=O) groups is 2. The normalized spacial score (nSPS) is 22.0. The molecule has 2 aliphatic rings. The lowest BCUT2D eigenvalue weighted by Gasteiger charge is -2.33. The highest BCUT2D eigenvalue weighted by Gasteiger charge is 2.33. The topological polar surface area (TPSA) is 117 Å². The van der Waals surface area contributed by atoms with Crippen molar-refractivity contribution in [1.82, 2.24) is 38.7 Å². The molecule has 8 aromatic rings. The summed E-state index contributed by atoms with van der Waals surface area (Å²) in [6.45, 7) is -21.8. The third kappa shape index (κ3) is 18.8. The summed E-state index contributed by atoms with van der Waals surface area (Å²) in [7, 11) is 0. The van der Waals surface area contributed by atoms with Crippen LogP contribution in [-0.2, 0) is 78.6 Å². The van der Waals surface area contributed by atoms with E-state index >= 15 is 4.79 Å². The molecule has 22 heteroatoms. The van der Waals surface area contributed by atoms with Crippen molar-refractivity contribution < 1.29 is 88.6 Å². The molecular formula is C74H80F8N8O4S2. The molecule has 2 atom stereocenters. The highest BCUT2D eigenvalue weighted by Crippen LogP contribution is 2.35. The first-order valence-corrected chi connectivity index (χ1v) is 31.1. The molecule has 0 saturated heterocycles. The van der Waals surface area contributed by atoms with Crippen molar-refractivity contribution in [3.8, 4) is 22.3 Å². The molecule has 6 aromatic carbocycles. The minimum atomic E-state index is -5.46. The summed E-state index contributed by atoms with van der Waals surface area (Å²) >= 11 is 1.28. The number of rotatable bonds is 26. The van der Waals surface area contributed by atoms with E-state index in [1.165, 1.54) is 79.1 Å². The summed E-state index contributed by atoms with van der Waals surface area (Å²) in [6.07, 6.45) is -15.4. The number of likely N-dealkylation sites (N-methyl/N-ethyl adjacent to an activating group) is 2. The van der Waals surface area contributed by atoms with Crippen LogP contribution in [-0.4, -0.2) is 103 Å². The van der Waals surface area contributed by atoms with Crippen LogP contribution in [0.1, 0.15) is 154 Å². The van der Waals surface area contributed by atoms with E-state index in [0.29, 0.717) is 51.8 Å². The largest absolute Gasteiger partial charge is 0.416 e. The zero-order chi connectivity index (χ0) is 97.3. The fourth-order valence-electron chi connectivity index (χ4n) is 9.34. The van der Waals surface area contributed by atoms with Gasteiger partial charge in [-0.25, -0.2) is 8.78 Å². The zero-order valence-electron chi connectivity index (χ0n) is 83.8. The Kier molecular flexibility index (Phi) is 13.9. The van der Waals surface area contributed by atoms with Crippen molar-refractivity contribution in [1.29, 1.82) is 0 Å². The smallest absolute Gasteiger partial charge is 0.336 e. The molecule has 508 valence electrons. The molecule has 2 aromatic heterocycles. The fourth-order valence-corrected chi connectivity index (χ4v) is 11.2. The standard InChI is InChI=1S/2C37H40F4N4O2S/c1-4-43(5-2)18-19-44(22-26-6-10-28(11-7-26)29-12-14-30(15-13-29)37(39,40)41)34(46)23-45-33-21-25(3)20-32(33)35(47)42-36(45)48-24-27-8-16-31(38)17-9-27;1-4-43(5-2)21-22-44(25(3)27-11-13-28(14-12-27)29-15-17-30(18-16-29)37(39,40)41)34(46)23-45-33-8-6-7-32(33)35(47)42-36(45)48-24-26-9-19-31(38)20-10-26/h6-17,25H,4-5,18-24H2,1-3H3;9-20,25H,4-8,21-24H2,1-3H3/i6D,7D,8D,9D,10D,11D,12D,13D,14D,15D,16D,17D,18D2,19D2,20D2,21D2,22D2,25D;4D2,5D2,21D2,22D2,25D. The van der Waals surface area contributed by atoms with Gasteiger partial charge in [-0.15, -0.1) is 0 Å². The number of carbonyl (C=O) groups excluding carboxylic acids is 2. The minimum Gasteiger partial charge on any atom is -0.336 e. The summed E-state index contributed by atoms with van der Waals surface area (Å²) < 4.78 is 390. The van der Waals surface area contributed by atoms with Gasteiger partial charge in [-0.05, 0) is 164 Å². The Bertz CT molecular complexity index is 5700. The summed E-state index contributed by atoms with van der Waals surface area (Å²) in [5.41, 5.74) is -9.76. The Morgan fingerprint density at radius 1 is 0.604 bits per heavy atom. The third-order valence-corrected chi connectivity index (χ3v) is 16.4. The molecule has 96 heavy (non-hydrogen) atoms. The van der Waals surface area contributed by atoms with Gasteiger partial charge in [-0.1, -0.05) is 155 Å². The van der Waals surface area contributed by atoms with Crippen LogP contribution in [0.2, 0.25) is 0 Å². The molecule has 0 saturated carbocycles. The maximum Gasteiger partial charge on any atom is 0.416 e. The number of benzene rings is 6. The van der Waals surface area contributed by atoms with Crippen molar-refractivity contribution in [3.05, 3.63) is 234 Å². The Hall–Kier alpha value is -7.92. The zero-order valence-corrected chi connectivity index (χ0v) is 53.5. The highest BCUT2D eigenvalue weighted by molar-refractivity contribution is 7.98. The molecule has 2 amide bonds. The molecule has 12 nitrogen and oxygen atoms in total. The van der Waals surface area contributed by atoms with Crippen LogP contribution < -0.4 is 11.1 Å². The number of aromatic nitrogens is 4. The van der Waals surface area contributed by atoms with Crippen LogP contribution in [0.5, 0.6) is 0 Å². The molecule has 0 aliphatic heterocycles. The average Bonchev–Trinajstić information content (AvgIpc) is 1.51. The molecular weight excluding hydrogens is 1280 g/mol. The lowest BCUT2D eigenvalue weighted by Crippen LogP contribution is -2.42. The number of fused-ring (bicyclic) bond motifs is 2. The van der Waals surface area contributed by atoms with Gasteiger partial charge in [0.15, 0.2) is 10.3 Å². The summed E-state index contributed by atoms with van der Waals surface area (Å²) in [6, 6.07) is -3.83. The van der Waals surface area contributed by atoms with E-state index in [1.54, 1.807) is 0 Å². The number of amides is 2. The van der Waals surface area contributed by atoms with E-state index in [1.807, 2.05) is 0 Å². The van der Waals surface area contributed by atoms with Crippen molar-refractivity contribution in [2.24, 2.45) is 5.89 Å². The van der Waals surface area contributed by atoms with Gasteiger partial charge in [0.2, 0.25) is 11.8 Å². The van der Waals surface area contributed by atoms with Crippen LogP contribution in [0.25, 0.3) is 22.3 Å². The first-order chi connectivity index (χ1) is 58.3.